The van der Waals surface area contributed by atoms with Crippen molar-refractivity contribution in [3.63, 3.8) is 0 Å². The van der Waals surface area contributed by atoms with Crippen molar-refractivity contribution in [2.24, 2.45) is 0 Å². The van der Waals surface area contributed by atoms with E-state index in [1.807, 2.05) is 0 Å². The molecule has 2 N–H and O–H groups in total. The largest absolute Gasteiger partial charge is 0.508 e. The van der Waals surface area contributed by atoms with Crippen molar-refractivity contribution in [3.05, 3.63) is 65.2 Å². The van der Waals surface area contributed by atoms with Crippen LogP contribution in [0.3, 0.4) is 0 Å². The molecule has 0 spiro atoms. The number of benzene rings is 2. The fourth-order valence-corrected chi connectivity index (χ4v) is 2.84. The minimum Gasteiger partial charge on any atom is -0.508 e. The number of hydrogen-bond acceptors (Lipinski definition) is 5. The number of esters is 1. The van der Waals surface area contributed by atoms with E-state index in [0.717, 1.165) is 5.56 Å². The first kappa shape index (κ1) is 18.4. The summed E-state index contributed by atoms with van der Waals surface area (Å²) >= 11 is 0. The lowest BCUT2D eigenvalue weighted by molar-refractivity contribution is -0.142. The number of ether oxygens (including phenoxy) is 1. The first-order chi connectivity index (χ1) is 12.9. The maximum Gasteiger partial charge on any atom is 0.328 e. The molecule has 0 fully saturated rings. The summed E-state index contributed by atoms with van der Waals surface area (Å²) in [5.74, 6) is -1.54. The molecule has 6 nitrogen and oxygen atoms in total. The van der Waals surface area contributed by atoms with Crippen molar-refractivity contribution >= 4 is 22.8 Å². The molecule has 0 bridgehead atoms. The number of nitrogens with one attached hydrogen (secondary N) is 1. The SMILES string of the molecule is COC(=O)C(Cc1ccc(O)cc1)NC(=O)c1oc2ccc(F)cc2c1C. The Bertz CT molecular complexity index is 994. The summed E-state index contributed by atoms with van der Waals surface area (Å²) in [6, 6.07) is 9.31. The van der Waals surface area contributed by atoms with Gasteiger partial charge in [-0.15, -0.1) is 0 Å². The van der Waals surface area contributed by atoms with Crippen molar-refractivity contribution < 1.29 is 28.2 Å². The number of hydrogen-bond donors (Lipinski definition) is 2. The lowest BCUT2D eigenvalue weighted by Crippen LogP contribution is -2.43. The number of carbonyl (C=O) groups is 2. The van der Waals surface area contributed by atoms with Gasteiger partial charge < -0.3 is 19.6 Å². The molecule has 1 amide bonds. The molecule has 0 aliphatic heterocycles. The van der Waals surface area contributed by atoms with Crippen molar-refractivity contribution in [2.75, 3.05) is 7.11 Å². The molecule has 140 valence electrons. The molecule has 1 aromatic heterocycles. The van der Waals surface area contributed by atoms with Gasteiger partial charge in [0.05, 0.1) is 7.11 Å². The van der Waals surface area contributed by atoms with Gasteiger partial charge in [-0.1, -0.05) is 12.1 Å². The van der Waals surface area contributed by atoms with Crippen molar-refractivity contribution in [1.29, 1.82) is 0 Å². The van der Waals surface area contributed by atoms with Gasteiger partial charge in [0.15, 0.2) is 5.76 Å². The highest BCUT2D eigenvalue weighted by atomic mass is 19.1. The zero-order valence-corrected chi connectivity index (χ0v) is 14.8. The number of rotatable bonds is 5. The Morgan fingerprint density at radius 1 is 1.22 bits per heavy atom. The molecule has 3 rings (SSSR count). The summed E-state index contributed by atoms with van der Waals surface area (Å²) in [6.45, 7) is 1.65. The molecule has 27 heavy (non-hydrogen) atoms. The average Bonchev–Trinajstić information content (AvgIpc) is 2.98. The number of amides is 1. The van der Waals surface area contributed by atoms with Gasteiger partial charge in [-0.05, 0) is 42.8 Å². The van der Waals surface area contributed by atoms with E-state index in [2.05, 4.69) is 5.32 Å². The van der Waals surface area contributed by atoms with Gasteiger partial charge in [0.25, 0.3) is 5.91 Å². The second kappa shape index (κ2) is 7.49. The predicted octanol–water partition coefficient (Wildman–Crippen LogP) is 3.10. The number of phenolic OH excluding ortho intramolecular Hbond substituents is 1. The highest BCUT2D eigenvalue weighted by Gasteiger charge is 2.26. The van der Waals surface area contributed by atoms with Crippen molar-refractivity contribution in [1.82, 2.24) is 5.32 Å². The molecule has 2 aromatic carbocycles. The molecule has 7 heteroatoms. The van der Waals surface area contributed by atoms with Crippen LogP contribution < -0.4 is 5.32 Å². The van der Waals surface area contributed by atoms with Gasteiger partial charge in [-0.2, -0.15) is 0 Å². The number of furan rings is 1. The topological polar surface area (TPSA) is 88.8 Å². The second-order valence-corrected chi connectivity index (χ2v) is 6.12. The Labute approximate surface area is 154 Å². The third kappa shape index (κ3) is 3.92. The first-order valence-corrected chi connectivity index (χ1v) is 8.24. The number of halogens is 1. The van der Waals surface area contributed by atoms with Crippen LogP contribution in [0.4, 0.5) is 4.39 Å². The van der Waals surface area contributed by atoms with E-state index in [4.69, 9.17) is 9.15 Å². The summed E-state index contributed by atoms with van der Waals surface area (Å²) in [5.41, 5.74) is 1.59. The highest BCUT2D eigenvalue weighted by molar-refractivity contribution is 6.00. The maximum atomic E-state index is 13.4. The van der Waals surface area contributed by atoms with Crippen LogP contribution >= 0.6 is 0 Å². The highest BCUT2D eigenvalue weighted by Crippen LogP contribution is 2.26. The molecule has 0 aliphatic rings. The summed E-state index contributed by atoms with van der Waals surface area (Å²) in [6.07, 6.45) is 0.173. The fraction of sp³-hybridized carbons (Fsp3) is 0.200. The number of aryl methyl sites for hydroxylation is 1. The summed E-state index contributed by atoms with van der Waals surface area (Å²) in [7, 11) is 1.23. The quantitative estimate of drug-likeness (QED) is 0.673. The summed E-state index contributed by atoms with van der Waals surface area (Å²) < 4.78 is 23.7. The lowest BCUT2D eigenvalue weighted by Gasteiger charge is -2.16. The minimum absolute atomic E-state index is 0.00945. The van der Waals surface area contributed by atoms with Gasteiger partial charge in [0.1, 0.15) is 23.2 Å². The lowest BCUT2D eigenvalue weighted by atomic mass is 10.1. The molecular weight excluding hydrogens is 353 g/mol. The minimum atomic E-state index is -0.948. The van der Waals surface area contributed by atoms with Crippen molar-refractivity contribution in [3.8, 4) is 5.75 Å². The fourth-order valence-electron chi connectivity index (χ4n) is 2.84. The Balaban J connectivity index is 1.85. The zero-order valence-electron chi connectivity index (χ0n) is 14.8. The summed E-state index contributed by atoms with van der Waals surface area (Å²) in [5, 5.41) is 12.5. The number of phenols is 1. The zero-order chi connectivity index (χ0) is 19.6. The Kier molecular flexibility index (Phi) is 5.12. The Hall–Kier alpha value is -3.35. The molecule has 0 saturated carbocycles. The van der Waals surface area contributed by atoms with Crippen LogP contribution in [-0.4, -0.2) is 30.1 Å². The normalized spacial score (nSPS) is 12.0. The van der Waals surface area contributed by atoms with Crippen LogP contribution in [0.25, 0.3) is 11.0 Å². The van der Waals surface area contributed by atoms with E-state index in [1.165, 1.54) is 37.4 Å². The van der Waals surface area contributed by atoms with Crippen LogP contribution in [0.1, 0.15) is 21.7 Å². The van der Waals surface area contributed by atoms with E-state index in [9.17, 15) is 19.1 Å². The molecule has 1 heterocycles. The van der Waals surface area contributed by atoms with Crippen LogP contribution in [0, 0.1) is 12.7 Å². The van der Waals surface area contributed by atoms with Gasteiger partial charge in [0, 0.05) is 17.4 Å². The van der Waals surface area contributed by atoms with E-state index >= 15 is 0 Å². The Morgan fingerprint density at radius 2 is 1.93 bits per heavy atom. The molecule has 0 aliphatic carbocycles. The van der Waals surface area contributed by atoms with Crippen molar-refractivity contribution in [2.45, 2.75) is 19.4 Å². The molecule has 0 saturated heterocycles. The standard InChI is InChI=1S/C20H18FNO5/c1-11-15-10-13(21)5-8-17(15)27-18(11)19(24)22-16(20(25)26-2)9-12-3-6-14(23)7-4-12/h3-8,10,16,23H,9H2,1-2H3,(H,22,24). The Morgan fingerprint density at radius 3 is 2.59 bits per heavy atom. The van der Waals surface area contributed by atoms with E-state index in [0.29, 0.717) is 16.5 Å². The first-order valence-electron chi connectivity index (χ1n) is 8.24. The van der Waals surface area contributed by atoms with E-state index in [-0.39, 0.29) is 17.9 Å². The van der Waals surface area contributed by atoms with Crippen LogP contribution in [0.2, 0.25) is 0 Å². The second-order valence-electron chi connectivity index (χ2n) is 6.12. The molecule has 1 unspecified atom stereocenters. The molecule has 1 atom stereocenters. The van der Waals surface area contributed by atoms with E-state index < -0.39 is 23.7 Å². The van der Waals surface area contributed by atoms with Gasteiger partial charge in [-0.25, -0.2) is 9.18 Å². The number of aromatic hydroxyl groups is 1. The number of fused-ring (bicyclic) bond motifs is 1. The van der Waals surface area contributed by atoms with Gasteiger partial charge >= 0.3 is 5.97 Å². The number of methoxy groups -OCH3 is 1. The third-order valence-electron chi connectivity index (χ3n) is 4.27. The van der Waals surface area contributed by atoms with E-state index in [1.54, 1.807) is 19.1 Å². The monoisotopic (exact) mass is 371 g/mol. The van der Waals surface area contributed by atoms with Crippen LogP contribution in [0.15, 0.2) is 46.9 Å². The number of carbonyl (C=O) groups excluding carboxylic acids is 2. The predicted molar refractivity (Wildman–Crippen MR) is 96.0 cm³/mol. The van der Waals surface area contributed by atoms with Gasteiger partial charge in [-0.3, -0.25) is 4.79 Å². The van der Waals surface area contributed by atoms with Crippen LogP contribution in [-0.2, 0) is 16.0 Å². The van der Waals surface area contributed by atoms with Gasteiger partial charge in [0.2, 0.25) is 0 Å². The molecule has 3 aromatic rings. The third-order valence-corrected chi connectivity index (χ3v) is 4.27. The van der Waals surface area contributed by atoms with Crippen LogP contribution in [0.5, 0.6) is 5.75 Å². The summed E-state index contributed by atoms with van der Waals surface area (Å²) in [4.78, 5) is 24.7. The molecule has 0 radical (unpaired) electrons. The maximum absolute atomic E-state index is 13.4. The molecular formula is C20H18FNO5. The average molecular weight is 371 g/mol. The smallest absolute Gasteiger partial charge is 0.328 e.